The van der Waals surface area contributed by atoms with Crippen molar-refractivity contribution in [2.75, 3.05) is 7.11 Å². The van der Waals surface area contributed by atoms with Crippen LogP contribution in [0.2, 0.25) is 0 Å². The summed E-state index contributed by atoms with van der Waals surface area (Å²) in [6.45, 7) is 3.25. The van der Waals surface area contributed by atoms with Gasteiger partial charge >= 0.3 is 5.97 Å². The molecule has 0 aliphatic rings. The summed E-state index contributed by atoms with van der Waals surface area (Å²) in [6, 6.07) is 1.49. The highest BCUT2D eigenvalue weighted by atomic mass is 32.1. The van der Waals surface area contributed by atoms with E-state index in [9.17, 15) is 9.90 Å². The summed E-state index contributed by atoms with van der Waals surface area (Å²) in [5.41, 5.74) is -1.15. The number of aliphatic hydroxyl groups is 1. The standard InChI is InChI=1S/C10H14O4S/c1-6(14-3)10(2,13)8-7(9(11)12)4-5-15-8/h4-6,13H,1-3H3,(H,11,12). The molecule has 4 nitrogen and oxygen atoms in total. The molecule has 1 rings (SSSR count). The Balaban J connectivity index is 3.14. The molecule has 1 heterocycles. The normalized spacial score (nSPS) is 17.1. The number of methoxy groups -OCH3 is 1. The Bertz CT molecular complexity index is 356. The molecule has 2 atom stereocenters. The second kappa shape index (κ2) is 4.30. The van der Waals surface area contributed by atoms with Gasteiger partial charge in [0.1, 0.15) is 5.60 Å². The molecular formula is C10H14O4S. The van der Waals surface area contributed by atoms with Crippen LogP contribution in [0.3, 0.4) is 0 Å². The van der Waals surface area contributed by atoms with Crippen molar-refractivity contribution in [3.63, 3.8) is 0 Å². The molecule has 0 radical (unpaired) electrons. The smallest absolute Gasteiger partial charge is 0.336 e. The first-order chi connectivity index (χ1) is 6.91. The van der Waals surface area contributed by atoms with E-state index in [0.717, 1.165) is 0 Å². The summed E-state index contributed by atoms with van der Waals surface area (Å²) in [7, 11) is 1.48. The largest absolute Gasteiger partial charge is 0.478 e. The molecular weight excluding hydrogens is 216 g/mol. The lowest BCUT2D eigenvalue weighted by Crippen LogP contribution is -2.36. The number of hydrogen-bond donors (Lipinski definition) is 2. The highest BCUT2D eigenvalue weighted by molar-refractivity contribution is 7.10. The maximum atomic E-state index is 10.9. The molecule has 2 unspecified atom stereocenters. The van der Waals surface area contributed by atoms with Gasteiger partial charge in [0, 0.05) is 7.11 Å². The number of thiophene rings is 1. The fraction of sp³-hybridized carbons (Fsp3) is 0.500. The van der Waals surface area contributed by atoms with E-state index in [1.165, 1.54) is 24.5 Å². The van der Waals surface area contributed by atoms with Crippen molar-refractivity contribution in [3.8, 4) is 0 Å². The van der Waals surface area contributed by atoms with E-state index < -0.39 is 17.7 Å². The zero-order valence-electron chi connectivity index (χ0n) is 8.85. The Hall–Kier alpha value is -0.910. The Labute approximate surface area is 92.1 Å². The molecule has 0 aliphatic carbocycles. The van der Waals surface area contributed by atoms with E-state index in [4.69, 9.17) is 9.84 Å². The Morgan fingerprint density at radius 2 is 2.27 bits per heavy atom. The quantitative estimate of drug-likeness (QED) is 0.826. The number of hydrogen-bond acceptors (Lipinski definition) is 4. The van der Waals surface area contributed by atoms with Gasteiger partial charge in [0.2, 0.25) is 0 Å². The zero-order valence-corrected chi connectivity index (χ0v) is 9.67. The molecule has 0 bridgehead atoms. The van der Waals surface area contributed by atoms with Gasteiger partial charge in [0.25, 0.3) is 0 Å². The van der Waals surface area contributed by atoms with Crippen LogP contribution in [0.5, 0.6) is 0 Å². The summed E-state index contributed by atoms with van der Waals surface area (Å²) in [4.78, 5) is 11.3. The molecule has 2 N–H and O–H groups in total. The van der Waals surface area contributed by atoms with Crippen molar-refractivity contribution in [1.82, 2.24) is 0 Å². The highest BCUT2D eigenvalue weighted by Gasteiger charge is 2.35. The number of ether oxygens (including phenoxy) is 1. The van der Waals surface area contributed by atoms with Crippen LogP contribution in [-0.2, 0) is 10.3 Å². The molecule has 1 aromatic heterocycles. The lowest BCUT2D eigenvalue weighted by molar-refractivity contribution is -0.0752. The molecule has 1 aromatic rings. The molecule has 0 fully saturated rings. The lowest BCUT2D eigenvalue weighted by atomic mass is 9.95. The monoisotopic (exact) mass is 230 g/mol. The lowest BCUT2D eigenvalue weighted by Gasteiger charge is -2.28. The molecule has 0 saturated heterocycles. The first kappa shape index (κ1) is 12.2. The van der Waals surface area contributed by atoms with Crippen LogP contribution in [0.4, 0.5) is 0 Å². The number of carboxylic acid groups (broad SMARTS) is 1. The molecule has 0 saturated carbocycles. The SMILES string of the molecule is COC(C)C(C)(O)c1sccc1C(=O)O. The number of aromatic carboxylic acids is 1. The second-order valence-corrected chi connectivity index (χ2v) is 4.41. The molecule has 0 spiro atoms. The van der Waals surface area contributed by atoms with Crippen LogP contribution >= 0.6 is 11.3 Å². The van der Waals surface area contributed by atoms with Crippen LogP contribution in [-0.4, -0.2) is 29.4 Å². The Kier molecular flexibility index (Phi) is 3.49. The number of carbonyl (C=O) groups is 1. The second-order valence-electron chi connectivity index (χ2n) is 3.49. The van der Waals surface area contributed by atoms with Crippen LogP contribution in [0, 0.1) is 0 Å². The Morgan fingerprint density at radius 1 is 1.67 bits per heavy atom. The molecule has 5 heteroatoms. The highest BCUT2D eigenvalue weighted by Crippen LogP contribution is 2.33. The summed E-state index contributed by atoms with van der Waals surface area (Å²) in [5, 5.41) is 20.8. The van der Waals surface area contributed by atoms with Crippen LogP contribution in [0.15, 0.2) is 11.4 Å². The van der Waals surface area contributed by atoms with Gasteiger partial charge in [-0.25, -0.2) is 4.79 Å². The van der Waals surface area contributed by atoms with Crippen molar-refractivity contribution in [3.05, 3.63) is 21.9 Å². The van der Waals surface area contributed by atoms with Crippen molar-refractivity contribution >= 4 is 17.3 Å². The first-order valence-electron chi connectivity index (χ1n) is 4.47. The molecule has 0 amide bonds. The number of carboxylic acids is 1. The van der Waals surface area contributed by atoms with Crippen molar-refractivity contribution in [2.45, 2.75) is 25.6 Å². The van der Waals surface area contributed by atoms with Crippen LogP contribution in [0.1, 0.15) is 29.1 Å². The van der Waals surface area contributed by atoms with Crippen molar-refractivity contribution < 1.29 is 19.7 Å². The van der Waals surface area contributed by atoms with Crippen molar-refractivity contribution in [2.24, 2.45) is 0 Å². The predicted octanol–water partition coefficient (Wildman–Crippen LogP) is 1.69. The average Bonchev–Trinajstić information content (AvgIpc) is 2.65. The van der Waals surface area contributed by atoms with Gasteiger partial charge in [-0.15, -0.1) is 11.3 Å². The maximum absolute atomic E-state index is 10.9. The molecule has 0 aromatic carbocycles. The van der Waals surface area contributed by atoms with Gasteiger partial charge in [-0.3, -0.25) is 0 Å². The fourth-order valence-corrected chi connectivity index (χ4v) is 2.31. The topological polar surface area (TPSA) is 66.8 Å². The average molecular weight is 230 g/mol. The van der Waals surface area contributed by atoms with Crippen LogP contribution < -0.4 is 0 Å². The van der Waals surface area contributed by atoms with Crippen LogP contribution in [0.25, 0.3) is 0 Å². The summed E-state index contributed by atoms with van der Waals surface area (Å²) < 4.78 is 5.04. The Morgan fingerprint density at radius 3 is 2.73 bits per heavy atom. The number of rotatable bonds is 4. The van der Waals surface area contributed by atoms with Crippen molar-refractivity contribution in [1.29, 1.82) is 0 Å². The van der Waals surface area contributed by atoms with Gasteiger partial charge in [-0.2, -0.15) is 0 Å². The summed E-state index contributed by atoms with van der Waals surface area (Å²) >= 11 is 1.22. The third-order valence-electron chi connectivity index (χ3n) is 2.50. The first-order valence-corrected chi connectivity index (χ1v) is 5.35. The van der Waals surface area contributed by atoms with E-state index in [0.29, 0.717) is 4.88 Å². The molecule has 84 valence electrons. The maximum Gasteiger partial charge on any atom is 0.336 e. The van der Waals surface area contributed by atoms with E-state index in [1.54, 1.807) is 19.2 Å². The molecule has 0 aliphatic heterocycles. The van der Waals surface area contributed by atoms with E-state index in [-0.39, 0.29) is 5.56 Å². The van der Waals surface area contributed by atoms with Gasteiger partial charge in [-0.1, -0.05) is 0 Å². The summed E-state index contributed by atoms with van der Waals surface area (Å²) in [6.07, 6.45) is -0.464. The minimum absolute atomic E-state index is 0.133. The van der Waals surface area contributed by atoms with E-state index >= 15 is 0 Å². The molecule has 15 heavy (non-hydrogen) atoms. The van der Waals surface area contributed by atoms with E-state index in [2.05, 4.69) is 0 Å². The van der Waals surface area contributed by atoms with Gasteiger partial charge < -0.3 is 14.9 Å². The minimum Gasteiger partial charge on any atom is -0.478 e. The third-order valence-corrected chi connectivity index (χ3v) is 3.64. The predicted molar refractivity (Wildman–Crippen MR) is 57.3 cm³/mol. The fourth-order valence-electron chi connectivity index (χ4n) is 1.28. The van der Waals surface area contributed by atoms with E-state index in [1.807, 2.05) is 0 Å². The third kappa shape index (κ3) is 2.19. The van der Waals surface area contributed by atoms with Gasteiger partial charge in [0.05, 0.1) is 16.5 Å². The van der Waals surface area contributed by atoms with Gasteiger partial charge in [0.15, 0.2) is 0 Å². The minimum atomic E-state index is -1.28. The zero-order chi connectivity index (χ0) is 11.6. The van der Waals surface area contributed by atoms with Gasteiger partial charge in [-0.05, 0) is 25.3 Å². The summed E-state index contributed by atoms with van der Waals surface area (Å²) in [5.74, 6) is -1.03.